The number of hydroxylamine groups is 1. The summed E-state index contributed by atoms with van der Waals surface area (Å²) in [4.78, 5) is 16.5. The Hall–Kier alpha value is -1.44. The number of benzene rings is 1. The Kier molecular flexibility index (Phi) is 5.67. The van der Waals surface area contributed by atoms with Crippen molar-refractivity contribution in [2.75, 3.05) is 20.2 Å². The van der Waals surface area contributed by atoms with Gasteiger partial charge in [-0.3, -0.25) is 9.63 Å². The molecule has 1 aromatic rings. The summed E-state index contributed by atoms with van der Waals surface area (Å²) in [5, 5.41) is 0. The first-order valence-electron chi connectivity index (χ1n) is 6.32. The van der Waals surface area contributed by atoms with E-state index in [4.69, 9.17) is 0 Å². The second-order valence-electron chi connectivity index (χ2n) is 4.20. The molecule has 1 aromatic carbocycles. The minimum atomic E-state index is -3.58. The quantitative estimate of drug-likeness (QED) is 0.804. The van der Waals surface area contributed by atoms with Crippen molar-refractivity contribution in [3.05, 3.63) is 29.3 Å². The molecule has 0 unspecified atom stereocenters. The average molecular weight is 300 g/mol. The van der Waals surface area contributed by atoms with E-state index in [0.29, 0.717) is 18.7 Å². The first-order valence-corrected chi connectivity index (χ1v) is 7.76. The zero-order valence-electron chi connectivity index (χ0n) is 12.1. The predicted octanol–water partition coefficient (Wildman–Crippen LogP) is 1.32. The molecule has 0 radical (unpaired) electrons. The lowest BCUT2D eigenvalue weighted by Gasteiger charge is -2.19. The Morgan fingerprint density at radius 2 is 1.90 bits per heavy atom. The molecule has 7 heteroatoms. The fourth-order valence-electron chi connectivity index (χ4n) is 1.87. The van der Waals surface area contributed by atoms with Gasteiger partial charge in [-0.25, -0.2) is 13.9 Å². The van der Waals surface area contributed by atoms with Crippen LogP contribution in [0, 0.1) is 6.92 Å². The first-order chi connectivity index (χ1) is 9.38. The van der Waals surface area contributed by atoms with Crippen molar-refractivity contribution >= 4 is 15.9 Å². The molecule has 0 heterocycles. The summed E-state index contributed by atoms with van der Waals surface area (Å²) >= 11 is 0. The maximum Gasteiger partial charge on any atom is 0.275 e. The van der Waals surface area contributed by atoms with Gasteiger partial charge in [-0.1, -0.05) is 19.9 Å². The minimum absolute atomic E-state index is 0.105. The molecule has 0 aliphatic carbocycles. The van der Waals surface area contributed by atoms with Crippen molar-refractivity contribution in [1.82, 2.24) is 9.79 Å². The number of rotatable bonds is 6. The van der Waals surface area contributed by atoms with Crippen LogP contribution in [0.25, 0.3) is 0 Å². The van der Waals surface area contributed by atoms with Gasteiger partial charge < -0.3 is 0 Å². The van der Waals surface area contributed by atoms with Crippen LogP contribution in [0.5, 0.6) is 0 Å². The van der Waals surface area contributed by atoms with Gasteiger partial charge in [0.2, 0.25) is 10.0 Å². The molecule has 0 aliphatic rings. The summed E-state index contributed by atoms with van der Waals surface area (Å²) in [5.74, 6) is -0.471. The van der Waals surface area contributed by atoms with Crippen LogP contribution in [-0.4, -0.2) is 38.8 Å². The SMILES string of the molecule is CCN(CC)S(=O)(=O)c1ccc(C)c(C(=O)NOC)c1. The molecule has 0 saturated carbocycles. The number of hydrogen-bond acceptors (Lipinski definition) is 4. The Morgan fingerprint density at radius 1 is 1.30 bits per heavy atom. The topological polar surface area (TPSA) is 75.7 Å². The predicted molar refractivity (Wildman–Crippen MR) is 75.8 cm³/mol. The highest BCUT2D eigenvalue weighted by molar-refractivity contribution is 7.89. The third kappa shape index (κ3) is 3.36. The van der Waals surface area contributed by atoms with Crippen molar-refractivity contribution in [3.63, 3.8) is 0 Å². The van der Waals surface area contributed by atoms with E-state index >= 15 is 0 Å². The largest absolute Gasteiger partial charge is 0.277 e. The highest BCUT2D eigenvalue weighted by Gasteiger charge is 2.23. The molecule has 0 atom stereocenters. The van der Waals surface area contributed by atoms with Crippen molar-refractivity contribution in [2.45, 2.75) is 25.7 Å². The Bertz CT molecular complexity index is 580. The third-order valence-electron chi connectivity index (χ3n) is 2.99. The monoisotopic (exact) mass is 300 g/mol. The van der Waals surface area contributed by atoms with Crippen LogP contribution in [0.15, 0.2) is 23.1 Å². The zero-order chi connectivity index (χ0) is 15.3. The highest BCUT2D eigenvalue weighted by Crippen LogP contribution is 2.19. The van der Waals surface area contributed by atoms with Gasteiger partial charge in [-0.2, -0.15) is 4.31 Å². The molecule has 6 nitrogen and oxygen atoms in total. The van der Waals surface area contributed by atoms with Crippen molar-refractivity contribution in [3.8, 4) is 0 Å². The van der Waals surface area contributed by atoms with E-state index in [1.54, 1.807) is 26.8 Å². The lowest BCUT2D eigenvalue weighted by molar-refractivity contribution is 0.0537. The molecule has 1 N–H and O–H groups in total. The lowest BCUT2D eigenvalue weighted by atomic mass is 10.1. The van der Waals surface area contributed by atoms with E-state index in [-0.39, 0.29) is 10.5 Å². The average Bonchev–Trinajstić information content (AvgIpc) is 2.40. The normalized spacial score (nSPS) is 11.7. The number of carbonyl (C=O) groups excluding carboxylic acids is 1. The summed E-state index contributed by atoms with van der Waals surface area (Å²) in [6.45, 7) is 6.04. The van der Waals surface area contributed by atoms with Crippen LogP contribution in [-0.2, 0) is 14.9 Å². The maximum atomic E-state index is 12.4. The first kappa shape index (κ1) is 16.6. The minimum Gasteiger partial charge on any atom is -0.277 e. The maximum absolute atomic E-state index is 12.4. The molecule has 1 rings (SSSR count). The zero-order valence-corrected chi connectivity index (χ0v) is 13.0. The second kappa shape index (κ2) is 6.83. The summed E-state index contributed by atoms with van der Waals surface area (Å²) in [6, 6.07) is 4.49. The van der Waals surface area contributed by atoms with Gasteiger partial charge >= 0.3 is 0 Å². The number of amides is 1. The van der Waals surface area contributed by atoms with Gasteiger partial charge in [0.15, 0.2) is 0 Å². The van der Waals surface area contributed by atoms with Gasteiger partial charge in [0.05, 0.1) is 12.0 Å². The van der Waals surface area contributed by atoms with Crippen LogP contribution in [0.1, 0.15) is 29.8 Å². The number of aryl methyl sites for hydroxylation is 1. The molecule has 0 fully saturated rings. The Labute approximate surface area is 119 Å². The van der Waals surface area contributed by atoms with Gasteiger partial charge in [0.25, 0.3) is 5.91 Å². The highest BCUT2D eigenvalue weighted by atomic mass is 32.2. The molecule has 1 amide bonds. The molecule has 0 aromatic heterocycles. The van der Waals surface area contributed by atoms with Crippen molar-refractivity contribution in [2.24, 2.45) is 0 Å². The fourth-order valence-corrected chi connectivity index (χ4v) is 3.35. The van der Waals surface area contributed by atoms with E-state index in [2.05, 4.69) is 10.3 Å². The summed E-state index contributed by atoms with van der Waals surface area (Å²) in [7, 11) is -2.25. The van der Waals surface area contributed by atoms with Crippen LogP contribution in [0.4, 0.5) is 0 Å². The molecule has 112 valence electrons. The van der Waals surface area contributed by atoms with Crippen LogP contribution in [0.2, 0.25) is 0 Å². The van der Waals surface area contributed by atoms with Gasteiger partial charge in [0, 0.05) is 18.7 Å². The Morgan fingerprint density at radius 3 is 2.40 bits per heavy atom. The van der Waals surface area contributed by atoms with Crippen molar-refractivity contribution < 1.29 is 18.0 Å². The van der Waals surface area contributed by atoms with Gasteiger partial charge in [0.1, 0.15) is 0 Å². The lowest BCUT2D eigenvalue weighted by Crippen LogP contribution is -2.31. The Balaban J connectivity index is 3.28. The third-order valence-corrected chi connectivity index (χ3v) is 5.04. The van der Waals surface area contributed by atoms with Gasteiger partial charge in [-0.05, 0) is 24.6 Å². The number of nitrogens with one attached hydrogen (secondary N) is 1. The van der Waals surface area contributed by atoms with Crippen LogP contribution in [0.3, 0.4) is 0 Å². The molecule has 20 heavy (non-hydrogen) atoms. The number of carbonyl (C=O) groups is 1. The molecule has 0 saturated heterocycles. The van der Waals surface area contributed by atoms with E-state index < -0.39 is 15.9 Å². The molecule has 0 aliphatic heterocycles. The summed E-state index contributed by atoms with van der Waals surface area (Å²) in [6.07, 6.45) is 0. The summed E-state index contributed by atoms with van der Waals surface area (Å²) < 4.78 is 26.1. The molecular weight excluding hydrogens is 280 g/mol. The van der Waals surface area contributed by atoms with E-state index in [1.165, 1.54) is 23.5 Å². The number of hydrogen-bond donors (Lipinski definition) is 1. The molecule has 0 bridgehead atoms. The molecular formula is C13H20N2O4S. The number of nitrogens with zero attached hydrogens (tertiary/aromatic N) is 1. The second-order valence-corrected chi connectivity index (χ2v) is 6.14. The molecule has 0 spiro atoms. The standard InChI is InChI=1S/C13H20N2O4S/c1-5-15(6-2)20(17,18)11-8-7-10(3)12(9-11)13(16)14-19-4/h7-9H,5-6H2,1-4H3,(H,14,16). The van der Waals surface area contributed by atoms with Gasteiger partial charge in [-0.15, -0.1) is 0 Å². The summed E-state index contributed by atoms with van der Waals surface area (Å²) in [5.41, 5.74) is 3.15. The smallest absolute Gasteiger partial charge is 0.275 e. The van der Waals surface area contributed by atoms with E-state index in [0.717, 1.165) is 0 Å². The fraction of sp³-hybridized carbons (Fsp3) is 0.462. The van der Waals surface area contributed by atoms with Crippen LogP contribution >= 0.6 is 0 Å². The van der Waals surface area contributed by atoms with E-state index in [1.807, 2.05) is 0 Å². The number of sulfonamides is 1. The van der Waals surface area contributed by atoms with Crippen molar-refractivity contribution in [1.29, 1.82) is 0 Å². The van der Waals surface area contributed by atoms with E-state index in [9.17, 15) is 13.2 Å². The van der Waals surface area contributed by atoms with Crippen LogP contribution < -0.4 is 5.48 Å².